The fraction of sp³-hybridized carbons (Fsp3) is 0.500. The van der Waals surface area contributed by atoms with Crippen molar-refractivity contribution in [3.63, 3.8) is 0 Å². The van der Waals surface area contributed by atoms with E-state index in [0.29, 0.717) is 29.6 Å². The molecule has 2 N–H and O–H groups in total. The van der Waals surface area contributed by atoms with E-state index in [4.69, 9.17) is 0 Å². The second-order valence-electron chi connectivity index (χ2n) is 7.29. The highest BCUT2D eigenvalue weighted by Crippen LogP contribution is 2.34. The van der Waals surface area contributed by atoms with Gasteiger partial charge >= 0.3 is 11.1 Å². The average molecular weight is 372 g/mol. The second-order valence-corrected chi connectivity index (χ2v) is 7.29. The number of rotatable bonds is 2. The minimum Gasteiger partial charge on any atom is -0.338 e. The number of carbonyl (C=O) groups excluding carboxylic acids is 1. The van der Waals surface area contributed by atoms with Gasteiger partial charge in [0.05, 0.1) is 16.0 Å². The molecule has 1 amide bonds. The molecule has 0 radical (unpaired) electrons. The van der Waals surface area contributed by atoms with Gasteiger partial charge in [0.25, 0.3) is 5.69 Å². The summed E-state index contributed by atoms with van der Waals surface area (Å²) in [5.41, 5.74) is -0.133. The summed E-state index contributed by atoms with van der Waals surface area (Å²) in [6.45, 7) is 0.618. The van der Waals surface area contributed by atoms with Crippen molar-refractivity contribution >= 4 is 22.6 Å². The number of aromatic nitrogens is 2. The number of hydrogen-bond donors (Lipinski definition) is 2. The van der Waals surface area contributed by atoms with Crippen molar-refractivity contribution in [2.24, 2.45) is 5.92 Å². The molecule has 1 aliphatic carbocycles. The summed E-state index contributed by atoms with van der Waals surface area (Å²) in [7, 11) is 0. The zero-order chi connectivity index (χ0) is 19.1. The van der Waals surface area contributed by atoms with Crippen molar-refractivity contribution < 1.29 is 9.72 Å². The number of carbonyl (C=O) groups is 1. The van der Waals surface area contributed by atoms with Gasteiger partial charge < -0.3 is 14.9 Å². The van der Waals surface area contributed by atoms with Crippen LogP contribution in [0.4, 0.5) is 5.69 Å². The van der Waals surface area contributed by atoms with E-state index in [1.54, 1.807) is 4.90 Å². The van der Waals surface area contributed by atoms with Crippen LogP contribution >= 0.6 is 0 Å². The number of nitrogens with zero attached hydrogens (tertiary/aromatic N) is 2. The molecule has 142 valence electrons. The summed E-state index contributed by atoms with van der Waals surface area (Å²) in [6.07, 6.45) is 5.34. The van der Waals surface area contributed by atoms with Gasteiger partial charge in [-0.3, -0.25) is 24.5 Å². The first kappa shape index (κ1) is 17.4. The van der Waals surface area contributed by atoms with Crippen molar-refractivity contribution in [2.75, 3.05) is 6.54 Å². The van der Waals surface area contributed by atoms with E-state index in [1.807, 2.05) is 0 Å². The van der Waals surface area contributed by atoms with Crippen LogP contribution in [0.1, 0.15) is 43.2 Å². The molecule has 9 heteroatoms. The number of aromatic amines is 2. The Bertz CT molecular complexity index is 1050. The second kappa shape index (κ2) is 6.64. The molecule has 0 saturated heterocycles. The monoisotopic (exact) mass is 372 g/mol. The molecule has 1 aliphatic heterocycles. The van der Waals surface area contributed by atoms with Crippen molar-refractivity contribution in [1.29, 1.82) is 0 Å². The lowest BCUT2D eigenvalue weighted by molar-refractivity contribution is -0.385. The summed E-state index contributed by atoms with van der Waals surface area (Å²) >= 11 is 0. The van der Waals surface area contributed by atoms with E-state index in [1.165, 1.54) is 6.07 Å². The Hall–Kier alpha value is -2.97. The fourth-order valence-electron chi connectivity index (χ4n) is 4.28. The largest absolute Gasteiger partial charge is 0.338 e. The maximum absolute atomic E-state index is 12.9. The van der Waals surface area contributed by atoms with Crippen LogP contribution in [-0.2, 0) is 17.8 Å². The Morgan fingerprint density at radius 2 is 1.81 bits per heavy atom. The molecule has 1 aromatic heterocycles. The lowest BCUT2D eigenvalue weighted by atomic mass is 9.87. The molecule has 1 aromatic carbocycles. The first-order valence-electron chi connectivity index (χ1n) is 9.20. The zero-order valence-electron chi connectivity index (χ0n) is 14.7. The molecule has 9 nitrogen and oxygen atoms in total. The first-order chi connectivity index (χ1) is 13.0. The number of nitro groups is 1. The molecular formula is C18H20N4O5. The van der Waals surface area contributed by atoms with Crippen LogP contribution in [-0.4, -0.2) is 32.2 Å². The highest BCUT2D eigenvalue weighted by atomic mass is 16.6. The van der Waals surface area contributed by atoms with Crippen LogP contribution in [0.2, 0.25) is 0 Å². The normalized spacial score (nSPS) is 17.7. The number of amides is 1. The van der Waals surface area contributed by atoms with Crippen molar-refractivity contribution in [3.8, 4) is 0 Å². The van der Waals surface area contributed by atoms with Crippen LogP contribution in [0.25, 0.3) is 11.0 Å². The Morgan fingerprint density at radius 1 is 1.11 bits per heavy atom. The summed E-state index contributed by atoms with van der Waals surface area (Å²) < 4.78 is 0. The number of hydrogen-bond acceptors (Lipinski definition) is 5. The molecule has 0 unspecified atom stereocenters. The Kier molecular flexibility index (Phi) is 4.29. The van der Waals surface area contributed by atoms with Crippen LogP contribution in [0.3, 0.4) is 0 Å². The highest BCUT2D eigenvalue weighted by molar-refractivity contribution is 5.85. The van der Waals surface area contributed by atoms with Crippen LogP contribution in [0.15, 0.2) is 15.7 Å². The molecule has 1 fully saturated rings. The van der Waals surface area contributed by atoms with E-state index in [-0.39, 0.29) is 29.6 Å². The summed E-state index contributed by atoms with van der Waals surface area (Å²) in [5.74, 6) is 0.0795. The van der Waals surface area contributed by atoms with Gasteiger partial charge in [-0.05, 0) is 19.3 Å². The van der Waals surface area contributed by atoms with Gasteiger partial charge in [0.15, 0.2) is 0 Å². The topological polar surface area (TPSA) is 129 Å². The van der Waals surface area contributed by atoms with Gasteiger partial charge in [-0.1, -0.05) is 19.3 Å². The van der Waals surface area contributed by atoms with Gasteiger partial charge in [0.2, 0.25) is 5.91 Å². The molecule has 27 heavy (non-hydrogen) atoms. The van der Waals surface area contributed by atoms with Gasteiger partial charge in [-0.2, -0.15) is 0 Å². The van der Waals surface area contributed by atoms with E-state index in [2.05, 4.69) is 9.97 Å². The Morgan fingerprint density at radius 3 is 2.52 bits per heavy atom. The van der Waals surface area contributed by atoms with Crippen LogP contribution < -0.4 is 11.1 Å². The lowest BCUT2D eigenvalue weighted by Crippen LogP contribution is -2.41. The minimum absolute atomic E-state index is 0.00381. The number of fused-ring (bicyclic) bond motifs is 3. The number of nitro benzene ring substituents is 1. The molecule has 0 spiro atoms. The SMILES string of the molecule is O=C(C1CCCCC1)N1CCc2c([N+](=O)[O-])cc3[nH]c(=O)c(=O)[nH]c3c2C1. The molecule has 0 bridgehead atoms. The van der Waals surface area contributed by atoms with E-state index < -0.39 is 16.0 Å². The summed E-state index contributed by atoms with van der Waals surface area (Å²) in [6, 6.07) is 1.28. The third kappa shape index (κ3) is 3.02. The van der Waals surface area contributed by atoms with Crippen molar-refractivity contribution in [3.05, 3.63) is 48.0 Å². The maximum atomic E-state index is 12.9. The molecule has 2 aliphatic rings. The number of benzene rings is 1. The predicted octanol–water partition coefficient (Wildman–Crippen LogP) is 1.59. The van der Waals surface area contributed by atoms with E-state index in [9.17, 15) is 24.5 Å². The molecule has 4 rings (SSSR count). The fourth-order valence-corrected chi connectivity index (χ4v) is 4.28. The Labute approximate surface area is 153 Å². The maximum Gasteiger partial charge on any atom is 0.314 e. The summed E-state index contributed by atoms with van der Waals surface area (Å²) in [5, 5.41) is 11.5. The van der Waals surface area contributed by atoms with Crippen LogP contribution in [0, 0.1) is 16.0 Å². The van der Waals surface area contributed by atoms with E-state index in [0.717, 1.165) is 32.1 Å². The van der Waals surface area contributed by atoms with Gasteiger partial charge in [-0.15, -0.1) is 0 Å². The van der Waals surface area contributed by atoms with Crippen molar-refractivity contribution in [1.82, 2.24) is 14.9 Å². The number of H-pyrrole nitrogens is 2. The Balaban J connectivity index is 1.79. The average Bonchev–Trinajstić information content (AvgIpc) is 2.68. The third-order valence-electron chi connectivity index (χ3n) is 5.66. The molecule has 0 atom stereocenters. The molecule has 2 aromatic rings. The summed E-state index contributed by atoms with van der Waals surface area (Å²) in [4.78, 5) is 54.0. The third-order valence-corrected chi connectivity index (χ3v) is 5.66. The first-order valence-corrected chi connectivity index (χ1v) is 9.20. The lowest BCUT2D eigenvalue weighted by Gasteiger charge is -2.33. The molecular weight excluding hydrogens is 352 g/mol. The number of nitrogens with one attached hydrogen (secondary N) is 2. The highest BCUT2D eigenvalue weighted by Gasteiger charge is 2.32. The van der Waals surface area contributed by atoms with Crippen LogP contribution in [0.5, 0.6) is 0 Å². The quantitative estimate of drug-likeness (QED) is 0.470. The molecule has 2 heterocycles. The van der Waals surface area contributed by atoms with Gasteiger partial charge in [0.1, 0.15) is 0 Å². The molecule has 1 saturated carbocycles. The smallest absolute Gasteiger partial charge is 0.314 e. The zero-order valence-corrected chi connectivity index (χ0v) is 14.7. The minimum atomic E-state index is -0.859. The standard InChI is InChI=1S/C18H20N4O5/c23-16-17(24)20-15-12-9-21(18(25)10-4-2-1-3-5-10)7-6-11(12)14(22(26)27)8-13(15)19-16/h8,10H,1-7,9H2,(H,19,23)(H,20,24). The predicted molar refractivity (Wildman–Crippen MR) is 97.5 cm³/mol. The van der Waals surface area contributed by atoms with Crippen molar-refractivity contribution in [2.45, 2.75) is 45.1 Å². The van der Waals surface area contributed by atoms with Gasteiger partial charge in [-0.25, -0.2) is 0 Å². The van der Waals surface area contributed by atoms with Gasteiger partial charge in [0, 0.05) is 36.2 Å². The van der Waals surface area contributed by atoms with E-state index >= 15 is 0 Å².